The quantitative estimate of drug-likeness (QED) is 0.0361. The number of hydrogen-bond donors (Lipinski definition) is 0. The number of esters is 1. The zero-order valence-electron chi connectivity index (χ0n) is 39.7. The summed E-state index contributed by atoms with van der Waals surface area (Å²) in [6.45, 7) is 0.00646. The molecule has 7 rings (SSSR count). The van der Waals surface area contributed by atoms with Gasteiger partial charge in [0, 0.05) is 10.6 Å². The fourth-order valence-corrected chi connectivity index (χ4v) is 8.51. The van der Waals surface area contributed by atoms with Crippen LogP contribution in [-0.2, 0) is 56.0 Å². The maximum Gasteiger partial charge on any atom is 0.416 e. The number of halogens is 25. The molecule has 0 spiro atoms. The second-order valence-corrected chi connectivity index (χ2v) is 17.9. The first kappa shape index (κ1) is 63.4. The summed E-state index contributed by atoms with van der Waals surface area (Å²) in [5.74, 6) is -0.410. The van der Waals surface area contributed by atoms with Gasteiger partial charge in [-0.3, -0.25) is 9.78 Å². The minimum Gasteiger partial charge on any atom is -0.418 e. The standard InChI is InChI=1S/C32H12BF24.C19H14ClN2O3/c34-25(35,36)13-1-14(26(37,38)39)6-21(5-13)33(22-7-15(27(40,41)42)2-16(8-22)28(43,44)45,23-9-17(29(46,47)48)3-18(10-23)30(49,50)51)24-11-19(31(52,53)54)4-20(12-24)32(55,56)57;20-15-7-4-8-16(11-15)25-19(24)17-12-21-9-10-22(17)13-18(23)14-5-2-1-3-6-14/h1-12H;1-12H,13H2/q-1;+1. The number of hydrogen-bond acceptors (Lipinski definition) is 4. The second kappa shape index (κ2) is 22.5. The van der Waals surface area contributed by atoms with E-state index >= 15 is 0 Å². The fraction of sp³-hybridized carbons (Fsp3) is 0.176. The van der Waals surface area contributed by atoms with E-state index in [1.807, 2.05) is 6.07 Å². The largest absolute Gasteiger partial charge is 0.418 e. The summed E-state index contributed by atoms with van der Waals surface area (Å²) in [7, 11) is 0. The van der Waals surface area contributed by atoms with E-state index in [2.05, 4.69) is 4.98 Å². The lowest BCUT2D eigenvalue weighted by molar-refractivity contribution is -0.686. The van der Waals surface area contributed by atoms with Crippen molar-refractivity contribution in [3.8, 4) is 5.75 Å². The summed E-state index contributed by atoms with van der Waals surface area (Å²) >= 11 is 5.89. The van der Waals surface area contributed by atoms with Crippen LogP contribution in [0.5, 0.6) is 5.75 Å². The second-order valence-electron chi connectivity index (χ2n) is 17.4. The molecule has 0 aliphatic rings. The minimum atomic E-state index is -6.13. The third-order valence-corrected chi connectivity index (χ3v) is 12.1. The summed E-state index contributed by atoms with van der Waals surface area (Å²) in [6.07, 6.45) is -50.4. The number of carbonyl (C=O) groups excluding carboxylic acids is 2. The molecule has 0 atom stereocenters. The molecule has 436 valence electrons. The molecular weight excluding hydrogens is 1190 g/mol. The van der Waals surface area contributed by atoms with Crippen LogP contribution in [0.2, 0.25) is 5.02 Å². The molecule has 0 N–H and O–H groups in total. The lowest BCUT2D eigenvalue weighted by Crippen LogP contribution is -2.75. The highest BCUT2D eigenvalue weighted by Gasteiger charge is 2.47. The van der Waals surface area contributed by atoms with E-state index in [4.69, 9.17) is 16.3 Å². The van der Waals surface area contributed by atoms with Crippen LogP contribution in [0.1, 0.15) is 65.4 Å². The van der Waals surface area contributed by atoms with Crippen molar-refractivity contribution in [3.63, 3.8) is 0 Å². The van der Waals surface area contributed by atoms with Gasteiger partial charge in [-0.2, -0.15) is 132 Å². The highest BCUT2D eigenvalue weighted by molar-refractivity contribution is 7.20. The number of carbonyl (C=O) groups is 2. The average Bonchev–Trinajstić information content (AvgIpc) is 1.06. The number of benzene rings is 6. The number of alkyl halides is 24. The Kier molecular flexibility index (Phi) is 17.4. The van der Waals surface area contributed by atoms with E-state index in [-0.39, 0.29) is 18.0 Å². The molecule has 1 heterocycles. The zero-order valence-corrected chi connectivity index (χ0v) is 40.5. The zero-order chi connectivity index (χ0) is 61.6. The molecule has 0 amide bonds. The van der Waals surface area contributed by atoms with Gasteiger partial charge in [-0.1, -0.05) is 96.5 Å². The van der Waals surface area contributed by atoms with Crippen LogP contribution >= 0.6 is 11.6 Å². The normalized spacial score (nSPS) is 13.1. The Morgan fingerprint density at radius 1 is 0.427 bits per heavy atom. The van der Waals surface area contributed by atoms with E-state index in [0.717, 1.165) is 0 Å². The maximum absolute atomic E-state index is 14.2. The lowest BCUT2D eigenvalue weighted by atomic mass is 9.12. The van der Waals surface area contributed by atoms with Crippen molar-refractivity contribution in [1.82, 2.24) is 4.98 Å². The third-order valence-electron chi connectivity index (χ3n) is 11.9. The van der Waals surface area contributed by atoms with Crippen LogP contribution in [0, 0.1) is 0 Å². The van der Waals surface area contributed by atoms with Gasteiger partial charge in [0.15, 0.2) is 6.20 Å². The van der Waals surface area contributed by atoms with E-state index < -0.39 is 201 Å². The molecule has 0 saturated heterocycles. The molecule has 6 aromatic carbocycles. The summed E-state index contributed by atoms with van der Waals surface area (Å²) in [6, 6.07) is 6.59. The first-order chi connectivity index (χ1) is 37.4. The van der Waals surface area contributed by atoms with Crippen LogP contribution < -0.4 is 31.2 Å². The van der Waals surface area contributed by atoms with E-state index in [1.165, 1.54) is 23.0 Å². The predicted octanol–water partition coefficient (Wildman–Crippen LogP) is 14.3. The summed E-state index contributed by atoms with van der Waals surface area (Å²) in [5, 5.41) is 0.462. The van der Waals surface area contributed by atoms with Crippen molar-refractivity contribution in [2.45, 2.75) is 56.0 Å². The fourth-order valence-electron chi connectivity index (χ4n) is 8.33. The molecule has 0 bridgehead atoms. The molecule has 0 fully saturated rings. The van der Waals surface area contributed by atoms with Gasteiger partial charge in [0.1, 0.15) is 18.1 Å². The Morgan fingerprint density at radius 2 is 0.744 bits per heavy atom. The van der Waals surface area contributed by atoms with E-state index in [0.29, 0.717) is 16.3 Å². The average molecular weight is 1220 g/mol. The first-order valence-corrected chi connectivity index (χ1v) is 22.5. The van der Waals surface area contributed by atoms with Crippen LogP contribution in [-0.4, -0.2) is 22.9 Å². The molecule has 0 radical (unpaired) electrons. The Hall–Kier alpha value is -7.79. The number of Topliss-reactive ketones (excluding diaryl/α,β-unsaturated/α-hetero) is 1. The van der Waals surface area contributed by atoms with Gasteiger partial charge in [0.25, 0.3) is 0 Å². The van der Waals surface area contributed by atoms with E-state index in [9.17, 15) is 115 Å². The van der Waals surface area contributed by atoms with Crippen molar-refractivity contribution in [2.75, 3.05) is 0 Å². The Bertz CT molecular complexity index is 3060. The highest BCUT2D eigenvalue weighted by atomic mass is 35.5. The number of aromatic nitrogens is 2. The first-order valence-electron chi connectivity index (χ1n) is 22.1. The predicted molar refractivity (Wildman–Crippen MR) is 242 cm³/mol. The van der Waals surface area contributed by atoms with Crippen molar-refractivity contribution in [3.05, 3.63) is 207 Å². The molecule has 5 nitrogen and oxygen atoms in total. The summed E-state index contributed by atoms with van der Waals surface area (Å²) < 4.78 is 348. The highest BCUT2D eigenvalue weighted by Crippen LogP contribution is 2.41. The van der Waals surface area contributed by atoms with Gasteiger partial charge < -0.3 is 4.74 Å². The van der Waals surface area contributed by atoms with Gasteiger partial charge in [0.05, 0.1) is 50.7 Å². The lowest BCUT2D eigenvalue weighted by Gasteiger charge is -2.46. The molecule has 0 saturated carbocycles. The topological polar surface area (TPSA) is 60.1 Å². The molecular formula is C51H26BClF24N2O3. The van der Waals surface area contributed by atoms with Crippen molar-refractivity contribution in [1.29, 1.82) is 0 Å². The van der Waals surface area contributed by atoms with Gasteiger partial charge >= 0.3 is 61.1 Å². The van der Waals surface area contributed by atoms with Crippen LogP contribution in [0.4, 0.5) is 105 Å². The Morgan fingerprint density at radius 3 is 1.04 bits per heavy atom. The van der Waals surface area contributed by atoms with Crippen LogP contribution in [0.3, 0.4) is 0 Å². The molecule has 31 heteroatoms. The minimum absolute atomic E-state index is 0.00646. The van der Waals surface area contributed by atoms with Crippen LogP contribution in [0.15, 0.2) is 146 Å². The molecule has 82 heavy (non-hydrogen) atoms. The summed E-state index contributed by atoms with van der Waals surface area (Å²) in [5.41, 5.74) is -29.5. The summed E-state index contributed by atoms with van der Waals surface area (Å²) in [4.78, 5) is 28.8. The number of ketones is 1. The molecule has 1 aromatic heterocycles. The number of ether oxygens (including phenoxy) is 1. The SMILES string of the molecule is FC(F)(F)c1cc([B-](c2cc(C(F)(F)F)cc(C(F)(F)F)c2)(c2cc(C(F)(F)F)cc(C(F)(F)F)c2)c2cc(C(F)(F)F)cc(C(F)(F)F)c2)cc(C(F)(F)F)c1.O=C(C[n+]1ccncc1C(=O)Oc1cccc(Cl)c1)c1ccccc1. The van der Waals surface area contributed by atoms with E-state index in [1.54, 1.807) is 48.7 Å². The smallest absolute Gasteiger partial charge is 0.416 e. The van der Waals surface area contributed by atoms with Gasteiger partial charge in [0.2, 0.25) is 12.3 Å². The molecule has 0 aliphatic heterocycles. The van der Waals surface area contributed by atoms with Crippen LogP contribution in [0.25, 0.3) is 0 Å². The Balaban J connectivity index is 0.000000357. The van der Waals surface area contributed by atoms with Gasteiger partial charge in [-0.15, -0.1) is 0 Å². The third kappa shape index (κ3) is 14.8. The van der Waals surface area contributed by atoms with Gasteiger partial charge in [-0.25, -0.2) is 4.79 Å². The molecule has 0 aliphatic carbocycles. The van der Waals surface area contributed by atoms with Crippen molar-refractivity contribution < 1.29 is 124 Å². The number of rotatable bonds is 9. The number of nitrogens with zero attached hydrogens (tertiary/aromatic N) is 2. The van der Waals surface area contributed by atoms with Crippen molar-refractivity contribution >= 4 is 51.4 Å². The monoisotopic (exact) mass is 1220 g/mol. The molecule has 0 unspecified atom stereocenters. The van der Waals surface area contributed by atoms with Gasteiger partial charge in [-0.05, 0) is 42.5 Å². The van der Waals surface area contributed by atoms with Crippen molar-refractivity contribution in [2.24, 2.45) is 0 Å². The molecule has 7 aromatic rings. The Labute approximate surface area is 448 Å². The maximum atomic E-state index is 14.2.